The van der Waals surface area contributed by atoms with Crippen molar-refractivity contribution in [3.8, 4) is 0 Å². The van der Waals surface area contributed by atoms with E-state index in [1.807, 2.05) is 48.5 Å². The van der Waals surface area contributed by atoms with E-state index in [1.165, 1.54) is 0 Å². The number of benzene rings is 2. The highest BCUT2D eigenvalue weighted by Crippen LogP contribution is 2.38. The lowest BCUT2D eigenvalue weighted by molar-refractivity contribution is -0.0369. The van der Waals surface area contributed by atoms with Crippen molar-refractivity contribution in [2.45, 2.75) is 32.0 Å². The number of aliphatic hydroxyl groups is 1. The Morgan fingerprint density at radius 1 is 1.04 bits per heavy atom. The third-order valence-corrected chi connectivity index (χ3v) is 4.06. The van der Waals surface area contributed by atoms with Gasteiger partial charge in [0.1, 0.15) is 11.9 Å². The summed E-state index contributed by atoms with van der Waals surface area (Å²) in [5, 5.41) is 10.3. The molecule has 1 aliphatic rings. The quantitative estimate of drug-likeness (QED) is 0.873. The van der Waals surface area contributed by atoms with Crippen molar-refractivity contribution in [3.05, 3.63) is 77.4 Å². The highest BCUT2D eigenvalue weighted by molar-refractivity contribution is 6.13. The fourth-order valence-electron chi connectivity index (χ4n) is 2.72. The van der Waals surface area contributed by atoms with Gasteiger partial charge in [0, 0.05) is 23.1 Å². The van der Waals surface area contributed by atoms with Gasteiger partial charge in [-0.1, -0.05) is 60.7 Å². The van der Waals surface area contributed by atoms with Crippen LogP contribution in [0.1, 0.15) is 36.2 Å². The van der Waals surface area contributed by atoms with E-state index < -0.39 is 11.7 Å². The number of carbonyl (C=O) groups is 1. The molecule has 0 fully saturated rings. The molecule has 1 heterocycles. The first-order valence-electron chi connectivity index (χ1n) is 7.74. The fourth-order valence-corrected chi connectivity index (χ4v) is 2.72. The van der Waals surface area contributed by atoms with Crippen molar-refractivity contribution in [1.29, 1.82) is 0 Å². The third-order valence-electron chi connectivity index (χ3n) is 4.06. The number of Topliss-reactive ketones (excluding diaryl/α,β-unsaturated/α-hetero) is 1. The second kappa shape index (κ2) is 6.01. The minimum Gasteiger partial charge on any atom is -0.486 e. The van der Waals surface area contributed by atoms with Gasteiger partial charge < -0.3 is 9.84 Å². The molecule has 1 N–H and O–H groups in total. The molecule has 0 aromatic heterocycles. The molecule has 0 saturated carbocycles. The fraction of sp³-hybridized carbons (Fsp3) is 0.250. The minimum absolute atomic E-state index is 0.0452. The van der Waals surface area contributed by atoms with Crippen LogP contribution in [0.4, 0.5) is 0 Å². The van der Waals surface area contributed by atoms with E-state index in [4.69, 9.17) is 4.74 Å². The van der Waals surface area contributed by atoms with E-state index in [-0.39, 0.29) is 5.78 Å². The van der Waals surface area contributed by atoms with Crippen LogP contribution in [0.25, 0.3) is 5.76 Å². The van der Waals surface area contributed by atoms with Gasteiger partial charge in [-0.2, -0.15) is 0 Å². The zero-order chi connectivity index (χ0) is 16.4. The molecule has 23 heavy (non-hydrogen) atoms. The van der Waals surface area contributed by atoms with E-state index in [0.717, 1.165) is 5.56 Å². The van der Waals surface area contributed by atoms with Crippen LogP contribution in [0.15, 0.2) is 66.2 Å². The zero-order valence-corrected chi connectivity index (χ0v) is 13.3. The lowest BCUT2D eigenvalue weighted by atomic mass is 9.92. The smallest absolute Gasteiger partial charge is 0.192 e. The van der Waals surface area contributed by atoms with Crippen molar-refractivity contribution >= 4 is 11.5 Å². The summed E-state index contributed by atoms with van der Waals surface area (Å²) in [4.78, 5) is 12.9. The maximum absolute atomic E-state index is 12.9. The van der Waals surface area contributed by atoms with E-state index in [2.05, 4.69) is 0 Å². The van der Waals surface area contributed by atoms with Gasteiger partial charge in [-0.3, -0.25) is 4.79 Å². The molecular weight excluding hydrogens is 288 g/mol. The average molecular weight is 308 g/mol. The Balaban J connectivity index is 2.03. The molecule has 0 amide bonds. The Morgan fingerprint density at radius 2 is 1.61 bits per heavy atom. The molecular formula is C20H20O3. The van der Waals surface area contributed by atoms with Crippen molar-refractivity contribution < 1.29 is 14.6 Å². The van der Waals surface area contributed by atoms with Crippen LogP contribution in [-0.4, -0.2) is 22.6 Å². The molecule has 3 heteroatoms. The molecule has 2 aromatic rings. The molecule has 2 aromatic carbocycles. The second-order valence-corrected chi connectivity index (χ2v) is 6.33. The average Bonchev–Trinajstić information content (AvgIpc) is 3.01. The summed E-state index contributed by atoms with van der Waals surface area (Å²) < 4.78 is 5.98. The van der Waals surface area contributed by atoms with Crippen molar-refractivity contribution in [1.82, 2.24) is 0 Å². The van der Waals surface area contributed by atoms with Gasteiger partial charge in [-0.25, -0.2) is 0 Å². The normalized spacial score (nSPS) is 18.0. The highest BCUT2D eigenvalue weighted by Gasteiger charge is 2.39. The minimum atomic E-state index is -1.02. The number of hydrogen-bond acceptors (Lipinski definition) is 3. The summed E-state index contributed by atoms with van der Waals surface area (Å²) in [6.07, 6.45) is -0.0260. The molecule has 3 rings (SSSR count). The molecule has 0 radical (unpaired) electrons. The van der Waals surface area contributed by atoms with E-state index in [9.17, 15) is 9.90 Å². The molecule has 0 unspecified atom stereocenters. The molecule has 1 atom stereocenters. The summed E-state index contributed by atoms with van der Waals surface area (Å²) >= 11 is 0. The zero-order valence-electron chi connectivity index (χ0n) is 13.3. The summed E-state index contributed by atoms with van der Waals surface area (Å²) in [6, 6.07) is 18.8. The second-order valence-electron chi connectivity index (χ2n) is 6.33. The topological polar surface area (TPSA) is 46.5 Å². The van der Waals surface area contributed by atoms with Gasteiger partial charge in [0.15, 0.2) is 5.78 Å². The Labute approximate surface area is 136 Å². The van der Waals surface area contributed by atoms with Crippen LogP contribution in [-0.2, 0) is 4.74 Å². The Morgan fingerprint density at radius 3 is 2.17 bits per heavy atom. The summed E-state index contributed by atoms with van der Waals surface area (Å²) in [5.41, 5.74) is 1.10. The van der Waals surface area contributed by atoms with Crippen molar-refractivity contribution in [3.63, 3.8) is 0 Å². The van der Waals surface area contributed by atoms with Gasteiger partial charge in [0.05, 0.1) is 5.60 Å². The maximum atomic E-state index is 12.9. The van der Waals surface area contributed by atoms with Crippen LogP contribution in [0.3, 0.4) is 0 Å². The Kier molecular flexibility index (Phi) is 4.05. The molecule has 0 bridgehead atoms. The van der Waals surface area contributed by atoms with Gasteiger partial charge in [-0.15, -0.1) is 0 Å². The van der Waals surface area contributed by atoms with Crippen molar-refractivity contribution in [2.75, 3.05) is 0 Å². The van der Waals surface area contributed by atoms with Gasteiger partial charge >= 0.3 is 0 Å². The number of hydrogen-bond donors (Lipinski definition) is 1. The predicted octanol–water partition coefficient (Wildman–Crippen LogP) is 3.84. The SMILES string of the molecule is CC(C)(O)[C@@H]1CC(C(=O)c2ccccc2)=C(c2ccccc2)O1. The van der Waals surface area contributed by atoms with Gasteiger partial charge in [0.25, 0.3) is 0 Å². The van der Waals surface area contributed by atoms with E-state index in [0.29, 0.717) is 23.3 Å². The van der Waals surface area contributed by atoms with E-state index in [1.54, 1.807) is 26.0 Å². The van der Waals surface area contributed by atoms with E-state index >= 15 is 0 Å². The standard InChI is InChI=1S/C20H20O3/c1-20(2,22)17-13-16(18(21)14-9-5-3-6-10-14)19(23-17)15-11-7-4-8-12-15/h3-12,17,22H,13H2,1-2H3/t17-/m0/s1. The lowest BCUT2D eigenvalue weighted by Crippen LogP contribution is -2.35. The van der Waals surface area contributed by atoms with Gasteiger partial charge in [-0.05, 0) is 13.8 Å². The molecule has 0 aliphatic carbocycles. The Hall–Kier alpha value is -2.39. The Bertz CT molecular complexity index is 724. The first kappa shape index (κ1) is 15.5. The molecule has 0 saturated heterocycles. The maximum Gasteiger partial charge on any atom is 0.192 e. The molecule has 118 valence electrons. The third kappa shape index (κ3) is 3.20. The van der Waals surface area contributed by atoms with Crippen molar-refractivity contribution in [2.24, 2.45) is 0 Å². The highest BCUT2D eigenvalue weighted by atomic mass is 16.5. The largest absolute Gasteiger partial charge is 0.486 e. The summed E-state index contributed by atoms with van der Waals surface area (Å²) in [7, 11) is 0. The molecule has 0 spiro atoms. The first-order valence-corrected chi connectivity index (χ1v) is 7.74. The van der Waals surface area contributed by atoms with Crippen LogP contribution in [0.2, 0.25) is 0 Å². The lowest BCUT2D eigenvalue weighted by Gasteiger charge is -2.25. The number of ketones is 1. The molecule has 3 nitrogen and oxygen atoms in total. The predicted molar refractivity (Wildman–Crippen MR) is 89.9 cm³/mol. The number of rotatable bonds is 4. The summed E-state index contributed by atoms with van der Waals surface area (Å²) in [6.45, 7) is 3.41. The van der Waals surface area contributed by atoms with Gasteiger partial charge in [0.2, 0.25) is 0 Å². The monoisotopic (exact) mass is 308 g/mol. The molecule has 1 aliphatic heterocycles. The van der Waals surface area contributed by atoms with Crippen LogP contribution >= 0.6 is 0 Å². The van der Waals surface area contributed by atoms with Crippen LogP contribution in [0.5, 0.6) is 0 Å². The summed E-state index contributed by atoms with van der Waals surface area (Å²) in [5.74, 6) is 0.530. The van der Waals surface area contributed by atoms with Crippen LogP contribution in [0, 0.1) is 0 Å². The number of carbonyl (C=O) groups excluding carboxylic acids is 1. The first-order chi connectivity index (χ1) is 11.0. The van der Waals surface area contributed by atoms with Crippen LogP contribution < -0.4 is 0 Å². The number of ether oxygens (including phenoxy) is 1.